The maximum atomic E-state index is 13.3. The minimum Gasteiger partial charge on any atom is -0.285 e. The van der Waals surface area contributed by atoms with Gasteiger partial charge in [0, 0.05) is 6.42 Å². The van der Waals surface area contributed by atoms with Crippen LogP contribution in [0.2, 0.25) is 0 Å². The Morgan fingerprint density at radius 1 is 1.11 bits per heavy atom. The SMILES string of the molecule is Fc1ccc2c3[n+]([cH-]c2c1)CCc1ccccc1-3. The van der Waals surface area contributed by atoms with Crippen LogP contribution in [-0.4, -0.2) is 0 Å². The molecule has 2 aromatic carbocycles. The quantitative estimate of drug-likeness (QED) is 0.417. The van der Waals surface area contributed by atoms with Crippen LogP contribution < -0.4 is 4.57 Å². The van der Waals surface area contributed by atoms with Crippen molar-refractivity contribution < 1.29 is 8.96 Å². The first kappa shape index (κ1) is 9.89. The molecule has 0 atom stereocenters. The average Bonchev–Trinajstić information content (AvgIpc) is 2.76. The Morgan fingerprint density at radius 2 is 2.00 bits per heavy atom. The molecule has 0 spiro atoms. The highest BCUT2D eigenvalue weighted by molar-refractivity contribution is 5.94. The third-order valence-corrected chi connectivity index (χ3v) is 3.75. The van der Waals surface area contributed by atoms with E-state index in [9.17, 15) is 4.39 Å². The molecule has 4 rings (SSSR count). The Bertz CT molecular complexity index is 755. The average molecular weight is 237 g/mol. The molecule has 0 saturated heterocycles. The van der Waals surface area contributed by atoms with Gasteiger partial charge in [0.2, 0.25) is 0 Å². The normalized spacial score (nSPS) is 13.4. The molecule has 2 heteroatoms. The van der Waals surface area contributed by atoms with Crippen LogP contribution in [-0.2, 0) is 13.0 Å². The Balaban J connectivity index is 2.11. The molecule has 0 radical (unpaired) electrons. The molecular weight excluding hydrogens is 225 g/mol. The maximum absolute atomic E-state index is 13.3. The van der Waals surface area contributed by atoms with Crippen LogP contribution in [0.1, 0.15) is 5.56 Å². The summed E-state index contributed by atoms with van der Waals surface area (Å²) in [5, 5.41) is 2.13. The number of hydrogen-bond acceptors (Lipinski definition) is 0. The number of fused-ring (bicyclic) bond motifs is 5. The molecule has 0 fully saturated rings. The Morgan fingerprint density at radius 3 is 2.94 bits per heavy atom. The molecule has 88 valence electrons. The lowest BCUT2D eigenvalue weighted by Gasteiger charge is -2.16. The van der Waals surface area contributed by atoms with Crippen molar-refractivity contribution in [3.05, 3.63) is 60.0 Å². The lowest BCUT2D eigenvalue weighted by Crippen LogP contribution is -2.37. The molecule has 0 N–H and O–H groups in total. The minimum atomic E-state index is -0.168. The molecular formula is C16H12FN. The van der Waals surface area contributed by atoms with Crippen molar-refractivity contribution in [2.75, 3.05) is 0 Å². The summed E-state index contributed by atoms with van der Waals surface area (Å²) in [7, 11) is 0. The van der Waals surface area contributed by atoms with Gasteiger partial charge >= 0.3 is 0 Å². The first-order valence-corrected chi connectivity index (χ1v) is 6.19. The van der Waals surface area contributed by atoms with Gasteiger partial charge in [0.15, 0.2) is 0 Å². The Hall–Kier alpha value is -2.09. The van der Waals surface area contributed by atoms with E-state index in [-0.39, 0.29) is 5.82 Å². The van der Waals surface area contributed by atoms with Crippen LogP contribution in [0.3, 0.4) is 0 Å². The number of rotatable bonds is 0. The van der Waals surface area contributed by atoms with Gasteiger partial charge in [-0.2, -0.15) is 0 Å². The largest absolute Gasteiger partial charge is 0.285 e. The van der Waals surface area contributed by atoms with Gasteiger partial charge in [-0.05, 0) is 17.2 Å². The molecule has 18 heavy (non-hydrogen) atoms. The fourth-order valence-electron chi connectivity index (χ4n) is 2.93. The second-order valence-electron chi connectivity index (χ2n) is 4.81. The van der Waals surface area contributed by atoms with Crippen molar-refractivity contribution in [2.24, 2.45) is 0 Å². The summed E-state index contributed by atoms with van der Waals surface area (Å²) >= 11 is 0. The fraction of sp³-hybridized carbons (Fsp3) is 0.125. The molecule has 0 unspecified atom stereocenters. The third-order valence-electron chi connectivity index (χ3n) is 3.75. The number of nitrogens with zero attached hydrogens (tertiary/aromatic N) is 1. The lowest BCUT2D eigenvalue weighted by molar-refractivity contribution is -0.683. The number of benzene rings is 2. The summed E-state index contributed by atoms with van der Waals surface area (Å²) in [6, 6.07) is 13.5. The van der Waals surface area contributed by atoms with E-state index < -0.39 is 0 Å². The van der Waals surface area contributed by atoms with Crippen molar-refractivity contribution >= 4 is 10.8 Å². The maximum Gasteiger partial charge on any atom is 0.134 e. The van der Waals surface area contributed by atoms with Crippen LogP contribution >= 0.6 is 0 Å². The van der Waals surface area contributed by atoms with Gasteiger partial charge in [-0.1, -0.05) is 47.2 Å². The molecule has 1 aliphatic rings. The molecule has 0 aliphatic carbocycles. The molecule has 0 amide bonds. The standard InChI is InChI=1S/C16H12FN/c17-13-5-6-15-12(9-13)10-18-8-7-11-3-1-2-4-14(11)16(15)18/h1-6,9-10H,7-8H2. The smallest absolute Gasteiger partial charge is 0.134 e. The van der Waals surface area contributed by atoms with Crippen LogP contribution in [0.5, 0.6) is 0 Å². The molecule has 1 aliphatic heterocycles. The van der Waals surface area contributed by atoms with Crippen molar-refractivity contribution in [2.45, 2.75) is 13.0 Å². The van der Waals surface area contributed by atoms with E-state index in [0.717, 1.165) is 23.7 Å². The van der Waals surface area contributed by atoms with Crippen molar-refractivity contribution in [3.8, 4) is 11.3 Å². The molecule has 0 saturated carbocycles. The first-order valence-electron chi connectivity index (χ1n) is 6.19. The van der Waals surface area contributed by atoms with Gasteiger partial charge in [0.05, 0.1) is 12.0 Å². The number of aryl methyl sites for hydroxylation is 2. The van der Waals surface area contributed by atoms with Gasteiger partial charge in [-0.3, -0.25) is 4.57 Å². The van der Waals surface area contributed by atoms with Crippen molar-refractivity contribution in [1.82, 2.24) is 0 Å². The van der Waals surface area contributed by atoms with Gasteiger partial charge in [0.25, 0.3) is 0 Å². The first-order chi connectivity index (χ1) is 8.83. The van der Waals surface area contributed by atoms with Gasteiger partial charge in [-0.25, -0.2) is 4.39 Å². The predicted octanol–water partition coefficient (Wildman–Crippen LogP) is 3.21. The second kappa shape index (κ2) is 3.45. The molecule has 1 nitrogen and oxygen atoms in total. The summed E-state index contributed by atoms with van der Waals surface area (Å²) in [5.41, 5.74) is 3.89. The van der Waals surface area contributed by atoms with E-state index in [1.807, 2.05) is 6.07 Å². The summed E-state index contributed by atoms with van der Waals surface area (Å²) < 4.78 is 15.5. The summed E-state index contributed by atoms with van der Waals surface area (Å²) in [5.74, 6) is -0.168. The summed E-state index contributed by atoms with van der Waals surface area (Å²) in [6.45, 7) is 0.975. The van der Waals surface area contributed by atoms with E-state index >= 15 is 0 Å². The zero-order valence-corrected chi connectivity index (χ0v) is 9.86. The number of aromatic nitrogens is 1. The van der Waals surface area contributed by atoms with Gasteiger partial charge < -0.3 is 0 Å². The summed E-state index contributed by atoms with van der Waals surface area (Å²) in [4.78, 5) is 0. The Kier molecular flexibility index (Phi) is 1.90. The van der Waals surface area contributed by atoms with Gasteiger partial charge in [-0.15, -0.1) is 0 Å². The summed E-state index contributed by atoms with van der Waals surface area (Å²) in [6.07, 6.45) is 3.11. The third kappa shape index (κ3) is 1.26. The van der Waals surface area contributed by atoms with Crippen molar-refractivity contribution in [3.63, 3.8) is 0 Å². The van der Waals surface area contributed by atoms with Crippen molar-refractivity contribution in [1.29, 1.82) is 0 Å². The lowest BCUT2D eigenvalue weighted by atomic mass is 9.97. The predicted molar refractivity (Wildman–Crippen MR) is 68.8 cm³/mol. The number of halogens is 1. The molecule has 2 heterocycles. The second-order valence-corrected chi connectivity index (χ2v) is 4.81. The van der Waals surface area contributed by atoms with E-state index in [1.165, 1.54) is 16.8 Å². The van der Waals surface area contributed by atoms with E-state index in [2.05, 4.69) is 35.0 Å². The monoisotopic (exact) mass is 237 g/mol. The molecule has 0 bridgehead atoms. The molecule has 1 aromatic heterocycles. The fourth-order valence-corrected chi connectivity index (χ4v) is 2.93. The molecule has 3 aromatic rings. The van der Waals surface area contributed by atoms with Gasteiger partial charge in [0.1, 0.15) is 12.2 Å². The van der Waals surface area contributed by atoms with E-state index in [4.69, 9.17) is 0 Å². The van der Waals surface area contributed by atoms with Crippen LogP contribution in [0.25, 0.3) is 22.0 Å². The highest BCUT2D eigenvalue weighted by Gasteiger charge is 2.20. The highest BCUT2D eigenvalue weighted by atomic mass is 19.1. The van der Waals surface area contributed by atoms with Crippen LogP contribution in [0, 0.1) is 5.82 Å². The number of hydrogen-bond donors (Lipinski definition) is 0. The zero-order chi connectivity index (χ0) is 12.1. The van der Waals surface area contributed by atoms with E-state index in [0.29, 0.717) is 0 Å². The minimum absolute atomic E-state index is 0.168. The zero-order valence-electron chi connectivity index (χ0n) is 9.86. The Labute approximate surface area is 104 Å². The highest BCUT2D eigenvalue weighted by Crippen LogP contribution is 2.32. The van der Waals surface area contributed by atoms with Crippen LogP contribution in [0.15, 0.2) is 48.7 Å². The van der Waals surface area contributed by atoms with Crippen LogP contribution in [0.4, 0.5) is 4.39 Å². The topological polar surface area (TPSA) is 3.88 Å². The van der Waals surface area contributed by atoms with E-state index in [1.54, 1.807) is 12.1 Å².